The molecular weight excluding hydrogens is 289 g/mol. The van der Waals surface area contributed by atoms with Gasteiger partial charge in [0.1, 0.15) is 16.8 Å². The van der Waals surface area contributed by atoms with E-state index in [1.165, 1.54) is 0 Å². The molecule has 1 aliphatic rings. The molecule has 1 fully saturated rings. The van der Waals surface area contributed by atoms with Gasteiger partial charge in [0.05, 0.1) is 18.9 Å². The minimum atomic E-state index is -4.12. The first kappa shape index (κ1) is 14.7. The molecule has 20 heavy (non-hydrogen) atoms. The maximum absolute atomic E-state index is 13.2. The van der Waals surface area contributed by atoms with Crippen LogP contribution in [0.4, 0.5) is 10.1 Å². The molecule has 0 saturated carbocycles. The van der Waals surface area contributed by atoms with Crippen LogP contribution >= 0.6 is 0 Å². The highest BCUT2D eigenvalue weighted by Gasteiger charge is 2.38. The number of nitrogen functional groups attached to an aromatic ring is 1. The molecule has 1 aromatic rings. The number of hydrogen-bond donors (Lipinski definition) is 2. The molecule has 9 heteroatoms. The average Bonchev–Trinajstić information content (AvgIpc) is 2.41. The Bertz CT molecular complexity index is 635. The van der Waals surface area contributed by atoms with Crippen LogP contribution in [0.3, 0.4) is 0 Å². The van der Waals surface area contributed by atoms with Gasteiger partial charge in [-0.3, -0.25) is 4.79 Å². The number of carbonyl (C=O) groups excluding carboxylic acids is 1. The smallest absolute Gasteiger partial charge is 0.246 e. The summed E-state index contributed by atoms with van der Waals surface area (Å²) >= 11 is 0. The molecule has 0 radical (unpaired) electrons. The zero-order valence-corrected chi connectivity index (χ0v) is 11.3. The van der Waals surface area contributed by atoms with Gasteiger partial charge in [0.2, 0.25) is 15.9 Å². The summed E-state index contributed by atoms with van der Waals surface area (Å²) in [5, 5.41) is 0. The topological polar surface area (TPSA) is 116 Å². The monoisotopic (exact) mass is 303 g/mol. The largest absolute Gasteiger partial charge is 0.398 e. The van der Waals surface area contributed by atoms with Gasteiger partial charge in [-0.2, -0.15) is 4.31 Å². The fourth-order valence-corrected chi connectivity index (χ4v) is 3.65. The minimum Gasteiger partial charge on any atom is -0.398 e. The number of sulfonamides is 1. The van der Waals surface area contributed by atoms with Crippen molar-refractivity contribution in [2.24, 2.45) is 5.73 Å². The third kappa shape index (κ3) is 2.60. The van der Waals surface area contributed by atoms with Crippen molar-refractivity contribution in [3.05, 3.63) is 24.0 Å². The van der Waals surface area contributed by atoms with E-state index in [0.717, 1.165) is 22.5 Å². The first-order valence-electron chi connectivity index (χ1n) is 5.78. The summed E-state index contributed by atoms with van der Waals surface area (Å²) in [5.74, 6) is -1.56. The number of benzene rings is 1. The van der Waals surface area contributed by atoms with Crippen LogP contribution in [0.1, 0.15) is 0 Å². The predicted octanol–water partition coefficient (Wildman–Crippen LogP) is -0.717. The van der Waals surface area contributed by atoms with Gasteiger partial charge >= 0.3 is 0 Å². The van der Waals surface area contributed by atoms with Crippen LogP contribution in [0.25, 0.3) is 0 Å². The van der Waals surface area contributed by atoms with E-state index >= 15 is 0 Å². The molecular formula is C11H14FN3O4S. The highest BCUT2D eigenvalue weighted by atomic mass is 32.2. The Labute approximate surface area is 115 Å². The number of primary amides is 1. The van der Waals surface area contributed by atoms with E-state index in [9.17, 15) is 17.6 Å². The lowest BCUT2D eigenvalue weighted by Gasteiger charge is -2.32. The number of hydrogen-bond acceptors (Lipinski definition) is 5. The molecule has 2 rings (SSSR count). The number of amides is 1. The Morgan fingerprint density at radius 1 is 1.45 bits per heavy atom. The maximum atomic E-state index is 13.2. The number of nitrogens with zero attached hydrogens (tertiary/aromatic N) is 1. The van der Waals surface area contributed by atoms with Gasteiger partial charge in [-0.05, 0) is 18.2 Å². The van der Waals surface area contributed by atoms with E-state index in [1.54, 1.807) is 0 Å². The van der Waals surface area contributed by atoms with E-state index in [-0.39, 0.29) is 30.3 Å². The van der Waals surface area contributed by atoms with Crippen LogP contribution in [0.2, 0.25) is 0 Å². The fraction of sp³-hybridized carbons (Fsp3) is 0.364. The molecule has 1 heterocycles. The first-order valence-corrected chi connectivity index (χ1v) is 7.22. The lowest BCUT2D eigenvalue weighted by Crippen LogP contribution is -2.54. The Morgan fingerprint density at radius 2 is 2.15 bits per heavy atom. The van der Waals surface area contributed by atoms with E-state index in [1.807, 2.05) is 0 Å². The van der Waals surface area contributed by atoms with Crippen molar-refractivity contribution in [3.8, 4) is 0 Å². The normalized spacial score (nSPS) is 20.8. The number of carbonyl (C=O) groups is 1. The number of anilines is 1. The Kier molecular flexibility index (Phi) is 3.93. The lowest BCUT2D eigenvalue weighted by atomic mass is 10.3. The van der Waals surface area contributed by atoms with Crippen LogP contribution < -0.4 is 11.5 Å². The van der Waals surface area contributed by atoms with Gasteiger partial charge in [-0.1, -0.05) is 0 Å². The highest BCUT2D eigenvalue weighted by Crippen LogP contribution is 2.26. The average molecular weight is 303 g/mol. The van der Waals surface area contributed by atoms with Crippen molar-refractivity contribution < 1.29 is 22.3 Å². The Hall–Kier alpha value is -1.71. The number of halogens is 1. The zero-order chi connectivity index (χ0) is 14.9. The number of morpholine rings is 1. The molecule has 1 aromatic carbocycles. The number of rotatable bonds is 3. The van der Waals surface area contributed by atoms with Crippen LogP contribution in [0, 0.1) is 5.82 Å². The third-order valence-electron chi connectivity index (χ3n) is 2.97. The molecule has 1 saturated heterocycles. The van der Waals surface area contributed by atoms with Gasteiger partial charge in [-0.15, -0.1) is 0 Å². The SMILES string of the molecule is NC(=O)C1COCCN1S(=O)(=O)c1cc(F)ccc1N. The molecule has 1 amide bonds. The van der Waals surface area contributed by atoms with E-state index in [0.29, 0.717) is 0 Å². The highest BCUT2D eigenvalue weighted by molar-refractivity contribution is 7.89. The summed E-state index contributed by atoms with van der Waals surface area (Å²) in [6.07, 6.45) is 0. The predicted molar refractivity (Wildman–Crippen MR) is 68.5 cm³/mol. The zero-order valence-electron chi connectivity index (χ0n) is 10.5. The van der Waals surface area contributed by atoms with Gasteiger partial charge in [0.25, 0.3) is 0 Å². The fourth-order valence-electron chi connectivity index (χ4n) is 1.96. The molecule has 110 valence electrons. The van der Waals surface area contributed by atoms with Crippen molar-refractivity contribution >= 4 is 21.6 Å². The summed E-state index contributed by atoms with van der Waals surface area (Å²) in [6.45, 7) is -0.0616. The summed E-state index contributed by atoms with van der Waals surface area (Å²) in [6, 6.07) is 1.90. The van der Waals surface area contributed by atoms with E-state index in [2.05, 4.69) is 0 Å². The number of ether oxygens (including phenoxy) is 1. The molecule has 1 atom stereocenters. The maximum Gasteiger partial charge on any atom is 0.246 e. The van der Waals surface area contributed by atoms with Crippen LogP contribution in [0.5, 0.6) is 0 Å². The second-order valence-electron chi connectivity index (χ2n) is 4.29. The lowest BCUT2D eigenvalue weighted by molar-refractivity contribution is -0.125. The molecule has 0 bridgehead atoms. The minimum absolute atomic E-state index is 0.0497. The molecule has 1 aliphatic heterocycles. The van der Waals surface area contributed by atoms with Crippen molar-refractivity contribution in [1.82, 2.24) is 4.31 Å². The van der Waals surface area contributed by atoms with E-state index in [4.69, 9.17) is 16.2 Å². The first-order chi connectivity index (χ1) is 9.34. The second-order valence-corrected chi connectivity index (χ2v) is 6.15. The van der Waals surface area contributed by atoms with Gasteiger partial charge in [-0.25, -0.2) is 12.8 Å². The summed E-state index contributed by atoms with van der Waals surface area (Å²) < 4.78 is 44.2. The van der Waals surface area contributed by atoms with Crippen molar-refractivity contribution in [2.45, 2.75) is 10.9 Å². The van der Waals surface area contributed by atoms with Gasteiger partial charge < -0.3 is 16.2 Å². The van der Waals surface area contributed by atoms with Gasteiger partial charge in [0.15, 0.2) is 0 Å². The molecule has 0 aromatic heterocycles. The Morgan fingerprint density at radius 3 is 2.80 bits per heavy atom. The van der Waals surface area contributed by atoms with Crippen molar-refractivity contribution in [1.29, 1.82) is 0 Å². The van der Waals surface area contributed by atoms with Crippen molar-refractivity contribution in [3.63, 3.8) is 0 Å². The summed E-state index contributed by atoms with van der Waals surface area (Å²) in [5.41, 5.74) is 10.7. The molecule has 0 aliphatic carbocycles. The molecule has 0 spiro atoms. The van der Waals surface area contributed by atoms with E-state index < -0.39 is 27.8 Å². The summed E-state index contributed by atoms with van der Waals surface area (Å²) in [7, 11) is -4.12. The molecule has 7 nitrogen and oxygen atoms in total. The van der Waals surface area contributed by atoms with Crippen LogP contribution in [0.15, 0.2) is 23.1 Å². The molecule has 1 unspecified atom stereocenters. The van der Waals surface area contributed by atoms with Crippen LogP contribution in [-0.2, 0) is 19.6 Å². The standard InChI is InChI=1S/C11H14FN3O4S/c12-7-1-2-8(13)10(5-7)20(17,18)15-3-4-19-6-9(15)11(14)16/h1-2,5,9H,3-4,6,13H2,(H2,14,16). The third-order valence-corrected chi connectivity index (χ3v) is 4.93. The number of nitrogens with two attached hydrogens (primary N) is 2. The summed E-state index contributed by atoms with van der Waals surface area (Å²) in [4.78, 5) is 10.9. The van der Waals surface area contributed by atoms with Crippen molar-refractivity contribution in [2.75, 3.05) is 25.5 Å². The van der Waals surface area contributed by atoms with Crippen LogP contribution in [-0.4, -0.2) is 44.4 Å². The Balaban J connectivity index is 2.47. The second kappa shape index (κ2) is 5.35. The molecule has 4 N–H and O–H groups in total. The van der Waals surface area contributed by atoms with Gasteiger partial charge in [0, 0.05) is 6.54 Å². The quantitative estimate of drug-likeness (QED) is 0.715.